The van der Waals surface area contributed by atoms with Gasteiger partial charge in [-0.3, -0.25) is 0 Å². The van der Waals surface area contributed by atoms with E-state index < -0.39 is 5.97 Å². The molecule has 110 valence electrons. The molecule has 6 heteroatoms. The molecule has 1 saturated heterocycles. The second-order valence-electron chi connectivity index (χ2n) is 5.23. The molecule has 0 amide bonds. The number of nitrogens with zero attached hydrogens (tertiary/aromatic N) is 2. The third kappa shape index (κ3) is 2.62. The average molecular weight is 287 g/mol. The summed E-state index contributed by atoms with van der Waals surface area (Å²) in [5, 5.41) is 13.5. The Bertz CT molecular complexity index is 639. The zero-order chi connectivity index (χ0) is 14.8. The zero-order valence-electron chi connectivity index (χ0n) is 11.5. The van der Waals surface area contributed by atoms with Gasteiger partial charge in [-0.05, 0) is 12.8 Å². The Balaban J connectivity index is 2.02. The van der Waals surface area contributed by atoms with Crippen molar-refractivity contribution in [3.63, 3.8) is 0 Å². The van der Waals surface area contributed by atoms with Gasteiger partial charge in [0.1, 0.15) is 0 Å². The number of carbonyl (C=O) groups is 1. The highest BCUT2D eigenvalue weighted by Crippen LogP contribution is 2.32. The minimum Gasteiger partial charge on any atom is -0.477 e. The lowest BCUT2D eigenvalue weighted by Gasteiger charge is -2.30. The smallest absolute Gasteiger partial charge is 0.343 e. The first-order valence-corrected chi connectivity index (χ1v) is 6.95. The van der Waals surface area contributed by atoms with Crippen molar-refractivity contribution < 1.29 is 14.4 Å². The van der Waals surface area contributed by atoms with E-state index in [9.17, 15) is 9.90 Å². The maximum atomic E-state index is 11.6. The van der Waals surface area contributed by atoms with Crippen LogP contribution in [0.25, 0.3) is 11.3 Å². The minimum atomic E-state index is -1.04. The van der Waals surface area contributed by atoms with Crippen molar-refractivity contribution in [2.24, 2.45) is 5.73 Å². The number of piperidine rings is 1. The van der Waals surface area contributed by atoms with Crippen molar-refractivity contribution in [3.05, 3.63) is 35.9 Å². The molecule has 0 bridgehead atoms. The molecule has 0 saturated carbocycles. The highest BCUT2D eigenvalue weighted by molar-refractivity contribution is 5.99. The largest absolute Gasteiger partial charge is 0.477 e. The Morgan fingerprint density at radius 1 is 1.38 bits per heavy atom. The second kappa shape index (κ2) is 5.57. The highest BCUT2D eigenvalue weighted by atomic mass is 16.5. The molecular weight excluding hydrogens is 270 g/mol. The fraction of sp³-hybridized carbons (Fsp3) is 0.333. The molecule has 1 fully saturated rings. The van der Waals surface area contributed by atoms with Crippen LogP contribution in [0.4, 0.5) is 5.82 Å². The molecule has 0 aliphatic carbocycles. The fourth-order valence-corrected chi connectivity index (χ4v) is 2.68. The summed E-state index contributed by atoms with van der Waals surface area (Å²) in [6.45, 7) is 1.34. The maximum absolute atomic E-state index is 11.6. The number of aromatic carboxylic acids is 1. The normalized spacial score (nSPS) is 18.7. The van der Waals surface area contributed by atoms with Crippen LogP contribution < -0.4 is 10.6 Å². The number of anilines is 1. The van der Waals surface area contributed by atoms with E-state index in [1.54, 1.807) is 12.1 Å². The summed E-state index contributed by atoms with van der Waals surface area (Å²) in [5.41, 5.74) is 6.77. The van der Waals surface area contributed by atoms with Crippen molar-refractivity contribution in [1.82, 2.24) is 5.16 Å². The van der Waals surface area contributed by atoms with Crippen LogP contribution in [0.3, 0.4) is 0 Å². The van der Waals surface area contributed by atoms with Gasteiger partial charge in [-0.1, -0.05) is 35.5 Å². The molecule has 0 radical (unpaired) electrons. The number of nitrogens with two attached hydrogens (primary N) is 1. The van der Waals surface area contributed by atoms with Gasteiger partial charge in [0.15, 0.2) is 17.1 Å². The second-order valence-corrected chi connectivity index (χ2v) is 5.23. The number of hydrogen-bond donors (Lipinski definition) is 2. The average Bonchev–Trinajstić information content (AvgIpc) is 2.93. The molecule has 1 aliphatic heterocycles. The summed E-state index contributed by atoms with van der Waals surface area (Å²) in [7, 11) is 0. The molecule has 1 atom stereocenters. The minimum absolute atomic E-state index is 0.0391. The van der Waals surface area contributed by atoms with Gasteiger partial charge in [-0.25, -0.2) is 4.79 Å². The molecule has 2 heterocycles. The van der Waals surface area contributed by atoms with Gasteiger partial charge in [0.25, 0.3) is 0 Å². The quantitative estimate of drug-likeness (QED) is 0.896. The first-order valence-electron chi connectivity index (χ1n) is 6.95. The van der Waals surface area contributed by atoms with E-state index in [1.165, 1.54) is 0 Å². The van der Waals surface area contributed by atoms with Gasteiger partial charge in [0.2, 0.25) is 0 Å². The van der Waals surface area contributed by atoms with Crippen molar-refractivity contribution >= 4 is 11.8 Å². The summed E-state index contributed by atoms with van der Waals surface area (Å²) in [4.78, 5) is 13.5. The van der Waals surface area contributed by atoms with Crippen LogP contribution in [0.5, 0.6) is 0 Å². The topological polar surface area (TPSA) is 92.6 Å². The zero-order valence-corrected chi connectivity index (χ0v) is 11.5. The number of aromatic nitrogens is 1. The van der Waals surface area contributed by atoms with Crippen molar-refractivity contribution in [2.45, 2.75) is 18.9 Å². The summed E-state index contributed by atoms with van der Waals surface area (Å²) in [5.74, 6) is -0.377. The summed E-state index contributed by atoms with van der Waals surface area (Å²) in [6, 6.07) is 9.18. The van der Waals surface area contributed by atoms with Crippen molar-refractivity contribution in [2.75, 3.05) is 18.0 Å². The van der Waals surface area contributed by atoms with Crippen LogP contribution in [0.2, 0.25) is 0 Å². The van der Waals surface area contributed by atoms with E-state index in [0.29, 0.717) is 17.9 Å². The van der Waals surface area contributed by atoms with Gasteiger partial charge < -0.3 is 20.3 Å². The molecule has 0 spiro atoms. The summed E-state index contributed by atoms with van der Waals surface area (Å²) < 4.78 is 5.32. The van der Waals surface area contributed by atoms with Crippen molar-refractivity contribution in [1.29, 1.82) is 0 Å². The number of hydrogen-bond acceptors (Lipinski definition) is 5. The Hall–Kier alpha value is -2.34. The third-order valence-corrected chi connectivity index (χ3v) is 3.68. The maximum Gasteiger partial charge on any atom is 0.343 e. The van der Waals surface area contributed by atoms with Gasteiger partial charge in [0, 0.05) is 24.7 Å². The molecule has 1 aromatic carbocycles. The SMILES string of the molecule is N[C@H]1CCCN(c2noc(-c3ccccc3)c2C(=O)O)C1. The Morgan fingerprint density at radius 3 is 2.81 bits per heavy atom. The van der Waals surface area contributed by atoms with Gasteiger partial charge >= 0.3 is 5.97 Å². The Kier molecular flexibility index (Phi) is 3.62. The van der Waals surface area contributed by atoms with E-state index in [4.69, 9.17) is 10.3 Å². The molecule has 1 aliphatic rings. The van der Waals surface area contributed by atoms with Gasteiger partial charge in [-0.15, -0.1) is 0 Å². The third-order valence-electron chi connectivity index (χ3n) is 3.68. The number of carboxylic acid groups (broad SMARTS) is 1. The molecule has 3 rings (SSSR count). The predicted octanol–water partition coefficient (Wildman–Crippen LogP) is 1.97. The first-order chi connectivity index (χ1) is 10.2. The Labute approximate surface area is 122 Å². The summed E-state index contributed by atoms with van der Waals surface area (Å²) in [6.07, 6.45) is 1.87. The van der Waals surface area contributed by atoms with Crippen LogP contribution in [0.15, 0.2) is 34.9 Å². The molecular formula is C15H17N3O3. The van der Waals surface area contributed by atoms with Crippen LogP contribution in [0.1, 0.15) is 23.2 Å². The van der Waals surface area contributed by atoms with Crippen LogP contribution in [-0.2, 0) is 0 Å². The van der Waals surface area contributed by atoms with Crippen LogP contribution in [0, 0.1) is 0 Å². The lowest BCUT2D eigenvalue weighted by atomic mass is 10.0. The summed E-state index contributed by atoms with van der Waals surface area (Å²) >= 11 is 0. The lowest BCUT2D eigenvalue weighted by molar-refractivity contribution is 0.0697. The Morgan fingerprint density at radius 2 is 2.14 bits per heavy atom. The van der Waals surface area contributed by atoms with E-state index in [0.717, 1.165) is 19.4 Å². The van der Waals surface area contributed by atoms with Crippen LogP contribution >= 0.6 is 0 Å². The molecule has 2 aromatic rings. The molecule has 1 aromatic heterocycles. The highest BCUT2D eigenvalue weighted by Gasteiger charge is 2.29. The standard InChI is InChI=1S/C15H17N3O3/c16-11-7-4-8-18(9-11)14-12(15(19)20)13(21-17-14)10-5-2-1-3-6-10/h1-3,5-6,11H,4,7-9,16H2,(H,19,20)/t11-/m0/s1. The molecule has 0 unspecified atom stereocenters. The number of carboxylic acids is 1. The monoisotopic (exact) mass is 287 g/mol. The van der Waals surface area contributed by atoms with Crippen molar-refractivity contribution in [3.8, 4) is 11.3 Å². The number of rotatable bonds is 3. The molecule has 6 nitrogen and oxygen atoms in total. The number of benzene rings is 1. The van der Waals surface area contributed by atoms with E-state index in [1.807, 2.05) is 23.1 Å². The molecule has 21 heavy (non-hydrogen) atoms. The van der Waals surface area contributed by atoms with Gasteiger partial charge in [-0.2, -0.15) is 0 Å². The van der Waals surface area contributed by atoms with E-state index in [2.05, 4.69) is 5.16 Å². The molecule has 3 N–H and O–H groups in total. The van der Waals surface area contributed by atoms with Gasteiger partial charge in [0.05, 0.1) is 0 Å². The van der Waals surface area contributed by atoms with E-state index >= 15 is 0 Å². The van der Waals surface area contributed by atoms with E-state index in [-0.39, 0.29) is 17.4 Å². The first kappa shape index (κ1) is 13.6. The fourth-order valence-electron chi connectivity index (χ4n) is 2.68. The van der Waals surface area contributed by atoms with Crippen LogP contribution in [-0.4, -0.2) is 35.4 Å². The lowest BCUT2D eigenvalue weighted by Crippen LogP contribution is -2.43. The predicted molar refractivity (Wildman–Crippen MR) is 78.3 cm³/mol.